The molecule has 3 fully saturated rings. The first kappa shape index (κ1) is 37.6. The van der Waals surface area contributed by atoms with E-state index in [0.717, 1.165) is 0 Å². The third-order valence-corrected chi connectivity index (χ3v) is 9.65. The molecule has 1 amide bonds. The number of ether oxygens (including phenoxy) is 5. The molecule has 0 aromatic carbocycles. The maximum Gasteiger partial charge on any atom is 0.410 e. The van der Waals surface area contributed by atoms with E-state index in [9.17, 15) is 24.3 Å². The number of ketones is 2. The summed E-state index contributed by atoms with van der Waals surface area (Å²) in [6.07, 6.45) is -4.48. The van der Waals surface area contributed by atoms with Crippen molar-refractivity contribution in [3.8, 4) is 0 Å². The number of esters is 1. The number of Topliss-reactive ketones (excluding diaryl/α,β-unsaturated/α-hetero) is 2. The van der Waals surface area contributed by atoms with Crippen molar-refractivity contribution in [3.63, 3.8) is 0 Å². The minimum atomic E-state index is -1.26. The molecule has 46 heavy (non-hydrogen) atoms. The lowest BCUT2D eigenvalue weighted by Crippen LogP contribution is -2.58. The molecule has 15 heteroatoms. The molecular weight excluding hydrogens is 602 g/mol. The molecule has 3 rings (SSSR count). The summed E-state index contributed by atoms with van der Waals surface area (Å²) in [6.45, 7) is 10.6. The highest BCUT2D eigenvalue weighted by molar-refractivity contribution is 6.00. The first-order chi connectivity index (χ1) is 21.7. The maximum atomic E-state index is 13.9. The summed E-state index contributed by atoms with van der Waals surface area (Å²) in [5.41, 5.74) is 13.4. The summed E-state index contributed by atoms with van der Waals surface area (Å²) < 4.78 is 29.8. The molecule has 3 aliphatic heterocycles. The van der Waals surface area contributed by atoms with Gasteiger partial charge >= 0.3 is 12.1 Å². The number of hydrogen-bond acceptors (Lipinski definition) is 12. The Labute approximate surface area is 270 Å². The van der Waals surface area contributed by atoms with E-state index in [0.29, 0.717) is 19.3 Å². The molecule has 12 atom stereocenters. The average Bonchev–Trinajstić information content (AvgIpc) is 3.32. The van der Waals surface area contributed by atoms with E-state index in [1.54, 1.807) is 34.6 Å². The first-order valence-corrected chi connectivity index (χ1v) is 16.2. The predicted octanol–water partition coefficient (Wildman–Crippen LogP) is 3.04. The standard InChI is InChI=1S/C31H51N5O10/c1-8-23-26-21(36(30(41)45-26)12-10-9-11-34-35-33)14-22(37)16(2)15-31(6,42-7)27(18(4)24(38)19(5)28(40)44-23)46-29-25(39)20(32)13-17(3)43-29/h16-21,23,25-27,29,39H,8-15,32H2,1-7H3/t16-,17?,18+,19-,20?,21-,23-,25?,26+,27-,29+,31-/m1/s1. The van der Waals surface area contributed by atoms with Crippen molar-refractivity contribution in [2.75, 3.05) is 20.2 Å². The van der Waals surface area contributed by atoms with Crippen molar-refractivity contribution >= 4 is 23.6 Å². The summed E-state index contributed by atoms with van der Waals surface area (Å²) in [4.78, 5) is 58.6. The third kappa shape index (κ3) is 8.55. The molecule has 0 aliphatic carbocycles. The Hall–Kier alpha value is -2.81. The molecule has 260 valence electrons. The van der Waals surface area contributed by atoms with Crippen LogP contribution in [0.1, 0.15) is 80.1 Å². The Kier molecular flexibility index (Phi) is 13.4. The van der Waals surface area contributed by atoms with Crippen molar-refractivity contribution < 1.29 is 48.0 Å². The fourth-order valence-corrected chi connectivity index (χ4v) is 6.77. The number of unbranched alkanes of at least 4 members (excludes halogenated alkanes) is 1. The van der Waals surface area contributed by atoms with Crippen LogP contribution in [0.15, 0.2) is 5.11 Å². The van der Waals surface area contributed by atoms with Crippen LogP contribution in [0, 0.1) is 17.8 Å². The van der Waals surface area contributed by atoms with Crippen LogP contribution in [0.4, 0.5) is 4.79 Å². The monoisotopic (exact) mass is 653 g/mol. The minimum absolute atomic E-state index is 0.0753. The number of cyclic esters (lactones) is 1. The van der Waals surface area contributed by atoms with Gasteiger partial charge < -0.3 is 39.4 Å². The second-order valence-electron chi connectivity index (χ2n) is 13.1. The highest BCUT2D eigenvalue weighted by atomic mass is 16.7. The highest BCUT2D eigenvalue weighted by Gasteiger charge is 2.51. The largest absolute Gasteiger partial charge is 0.458 e. The number of nitrogens with zero attached hydrogens (tertiary/aromatic N) is 4. The van der Waals surface area contributed by atoms with E-state index >= 15 is 0 Å². The van der Waals surface area contributed by atoms with Crippen LogP contribution in [-0.2, 0) is 38.1 Å². The van der Waals surface area contributed by atoms with Crippen LogP contribution in [0.2, 0.25) is 0 Å². The predicted molar refractivity (Wildman–Crippen MR) is 164 cm³/mol. The molecule has 3 N–H and O–H groups in total. The number of aliphatic hydroxyl groups is 1. The zero-order valence-corrected chi connectivity index (χ0v) is 28.0. The molecular formula is C31H51N5O10. The van der Waals surface area contributed by atoms with Gasteiger partial charge in [0.15, 0.2) is 18.2 Å². The summed E-state index contributed by atoms with van der Waals surface area (Å²) in [5, 5.41) is 14.4. The van der Waals surface area contributed by atoms with E-state index < -0.39 is 84.0 Å². The van der Waals surface area contributed by atoms with Crippen LogP contribution < -0.4 is 5.73 Å². The number of carbonyl (C=O) groups is 4. The van der Waals surface area contributed by atoms with Gasteiger partial charge in [0.2, 0.25) is 0 Å². The van der Waals surface area contributed by atoms with Crippen LogP contribution in [0.5, 0.6) is 0 Å². The van der Waals surface area contributed by atoms with Crippen molar-refractivity contribution in [1.82, 2.24) is 4.90 Å². The molecule has 0 spiro atoms. The number of rotatable bonds is 9. The Bertz CT molecular complexity index is 1150. The van der Waals surface area contributed by atoms with Crippen LogP contribution in [0.25, 0.3) is 10.4 Å². The number of fused-ring (bicyclic) bond motifs is 1. The van der Waals surface area contributed by atoms with Gasteiger partial charge in [-0.2, -0.15) is 0 Å². The van der Waals surface area contributed by atoms with E-state index in [1.807, 2.05) is 0 Å². The number of carbonyl (C=O) groups excluding carboxylic acids is 4. The molecule has 0 saturated carbocycles. The lowest BCUT2D eigenvalue weighted by atomic mass is 9.77. The second-order valence-corrected chi connectivity index (χ2v) is 13.1. The molecule has 15 nitrogen and oxygen atoms in total. The van der Waals surface area contributed by atoms with Crippen LogP contribution in [-0.4, -0.2) is 108 Å². The van der Waals surface area contributed by atoms with Gasteiger partial charge in [0.25, 0.3) is 0 Å². The van der Waals surface area contributed by atoms with Gasteiger partial charge in [-0.1, -0.05) is 25.9 Å². The topological polar surface area (TPSA) is 213 Å². The Morgan fingerprint density at radius 3 is 2.48 bits per heavy atom. The van der Waals surface area contributed by atoms with Crippen molar-refractivity contribution in [2.24, 2.45) is 28.6 Å². The summed E-state index contributed by atoms with van der Waals surface area (Å²) >= 11 is 0. The third-order valence-electron chi connectivity index (χ3n) is 9.65. The Morgan fingerprint density at radius 2 is 1.85 bits per heavy atom. The lowest BCUT2D eigenvalue weighted by Gasteiger charge is -2.45. The molecule has 0 aromatic heterocycles. The maximum absolute atomic E-state index is 13.9. The molecule has 3 unspecified atom stereocenters. The van der Waals surface area contributed by atoms with Crippen LogP contribution in [0.3, 0.4) is 0 Å². The van der Waals surface area contributed by atoms with Gasteiger partial charge in [0.1, 0.15) is 23.9 Å². The summed E-state index contributed by atoms with van der Waals surface area (Å²) in [5.74, 6) is -4.28. The molecule has 3 heterocycles. The minimum Gasteiger partial charge on any atom is -0.458 e. The highest BCUT2D eigenvalue weighted by Crippen LogP contribution is 2.37. The van der Waals surface area contributed by atoms with Gasteiger partial charge in [0.05, 0.1) is 23.9 Å². The average molecular weight is 654 g/mol. The van der Waals surface area contributed by atoms with E-state index in [4.69, 9.17) is 34.9 Å². The molecule has 0 bridgehead atoms. The molecule has 3 aliphatic rings. The fourth-order valence-electron chi connectivity index (χ4n) is 6.77. The molecule has 0 aromatic rings. The van der Waals surface area contributed by atoms with Gasteiger partial charge in [-0.05, 0) is 58.4 Å². The first-order valence-electron chi connectivity index (χ1n) is 16.2. The Balaban J connectivity index is 2.00. The molecule has 3 saturated heterocycles. The van der Waals surface area contributed by atoms with Crippen molar-refractivity contribution in [3.05, 3.63) is 10.4 Å². The fraction of sp³-hybridized carbons (Fsp3) is 0.871. The van der Waals surface area contributed by atoms with E-state index in [-0.39, 0.29) is 44.2 Å². The summed E-state index contributed by atoms with van der Waals surface area (Å²) in [6, 6.07) is -1.36. The van der Waals surface area contributed by atoms with Gasteiger partial charge in [-0.15, -0.1) is 0 Å². The van der Waals surface area contributed by atoms with Crippen molar-refractivity contribution in [2.45, 2.75) is 135 Å². The number of nitrogens with two attached hydrogens (primary N) is 1. The van der Waals surface area contributed by atoms with E-state index in [1.165, 1.54) is 18.9 Å². The zero-order valence-electron chi connectivity index (χ0n) is 28.0. The Morgan fingerprint density at radius 1 is 1.15 bits per heavy atom. The van der Waals surface area contributed by atoms with Gasteiger partial charge in [-0.3, -0.25) is 14.4 Å². The van der Waals surface area contributed by atoms with Crippen LogP contribution >= 0.6 is 0 Å². The number of methoxy groups -OCH3 is 1. The van der Waals surface area contributed by atoms with Crippen molar-refractivity contribution in [1.29, 1.82) is 0 Å². The SMILES string of the molecule is CC[C@H]1OC(=O)[C@H](C)C(=O)[C@H](C)[C@@H](O[C@@H]2OC(C)CC(N)C2O)[C@](C)(OC)C[C@@H](C)C(=O)C[C@@H]2[C@@H]1OC(=O)N2CCCCN=[N+]=[N-]. The number of hydrogen-bond donors (Lipinski definition) is 2. The quantitative estimate of drug-likeness (QED) is 0.0921. The lowest BCUT2D eigenvalue weighted by molar-refractivity contribution is -0.288. The smallest absolute Gasteiger partial charge is 0.410 e. The number of aliphatic hydroxyl groups excluding tert-OH is 1. The second kappa shape index (κ2) is 16.3. The van der Waals surface area contributed by atoms with E-state index in [2.05, 4.69) is 10.0 Å². The number of azide groups is 1. The zero-order chi connectivity index (χ0) is 34.3. The normalized spacial score (nSPS) is 39.6. The summed E-state index contributed by atoms with van der Waals surface area (Å²) in [7, 11) is 1.45. The number of amides is 1. The van der Waals surface area contributed by atoms with Gasteiger partial charge in [-0.25, -0.2) is 4.79 Å². The van der Waals surface area contributed by atoms with Gasteiger partial charge in [0, 0.05) is 49.4 Å². The molecule has 0 radical (unpaired) electrons.